The first kappa shape index (κ1) is 11.3. The van der Waals surface area contributed by atoms with E-state index in [9.17, 15) is 0 Å². The van der Waals surface area contributed by atoms with Gasteiger partial charge in [0.05, 0.1) is 18.4 Å². The lowest BCUT2D eigenvalue weighted by atomic mass is 9.97. The van der Waals surface area contributed by atoms with Crippen LogP contribution in [0.3, 0.4) is 0 Å². The van der Waals surface area contributed by atoms with Crippen molar-refractivity contribution in [2.24, 2.45) is 5.92 Å². The van der Waals surface area contributed by atoms with Crippen molar-refractivity contribution in [1.82, 2.24) is 15.0 Å². The molecule has 84 valence electrons. The van der Waals surface area contributed by atoms with E-state index in [1.165, 1.54) is 5.56 Å². The zero-order valence-corrected chi connectivity index (χ0v) is 10.9. The van der Waals surface area contributed by atoms with Crippen LogP contribution in [0.2, 0.25) is 0 Å². The monoisotopic (exact) mass is 279 g/mol. The fourth-order valence-corrected chi connectivity index (χ4v) is 2.08. The van der Waals surface area contributed by atoms with E-state index < -0.39 is 0 Å². The highest BCUT2D eigenvalue weighted by molar-refractivity contribution is 9.10. The van der Waals surface area contributed by atoms with Crippen molar-refractivity contribution in [3.05, 3.63) is 46.7 Å². The Kier molecular flexibility index (Phi) is 3.39. The van der Waals surface area contributed by atoms with E-state index in [1.807, 2.05) is 12.1 Å². The number of nitrogens with zero attached hydrogens (tertiary/aromatic N) is 3. The number of rotatable bonds is 3. The highest BCUT2D eigenvalue weighted by atomic mass is 79.9. The van der Waals surface area contributed by atoms with E-state index in [2.05, 4.69) is 52.1 Å². The lowest BCUT2D eigenvalue weighted by Gasteiger charge is -2.20. The van der Waals surface area contributed by atoms with E-state index in [-0.39, 0.29) is 6.04 Å². The highest BCUT2D eigenvalue weighted by Gasteiger charge is 2.18. The third kappa shape index (κ3) is 2.32. The maximum Gasteiger partial charge on any atom is 0.0988 e. The molecule has 1 aromatic heterocycles. The number of aromatic nitrogens is 3. The largest absolute Gasteiger partial charge is 0.177 e. The average Bonchev–Trinajstić information content (AvgIpc) is 2.74. The quantitative estimate of drug-likeness (QED) is 0.863. The van der Waals surface area contributed by atoms with Crippen LogP contribution in [0.25, 0.3) is 0 Å². The Morgan fingerprint density at radius 3 is 2.12 bits per heavy atom. The summed E-state index contributed by atoms with van der Waals surface area (Å²) < 4.78 is 1.09. The zero-order valence-electron chi connectivity index (χ0n) is 9.34. The SMILES string of the molecule is CC(C)[C@@H](c1ccc(Br)cc1)n1nccn1. The first-order valence-electron chi connectivity index (χ1n) is 5.29. The number of benzene rings is 1. The van der Waals surface area contributed by atoms with Crippen LogP contribution in [0.15, 0.2) is 41.1 Å². The Morgan fingerprint density at radius 1 is 1.06 bits per heavy atom. The van der Waals surface area contributed by atoms with Gasteiger partial charge < -0.3 is 0 Å². The van der Waals surface area contributed by atoms with Crippen LogP contribution in [-0.2, 0) is 0 Å². The Hall–Kier alpha value is -1.16. The van der Waals surface area contributed by atoms with Crippen LogP contribution in [0.5, 0.6) is 0 Å². The molecule has 0 spiro atoms. The smallest absolute Gasteiger partial charge is 0.0988 e. The summed E-state index contributed by atoms with van der Waals surface area (Å²) in [6.07, 6.45) is 3.43. The summed E-state index contributed by atoms with van der Waals surface area (Å²) in [5, 5.41) is 8.46. The van der Waals surface area contributed by atoms with Crippen molar-refractivity contribution < 1.29 is 0 Å². The van der Waals surface area contributed by atoms with Crippen molar-refractivity contribution in [2.75, 3.05) is 0 Å². The molecule has 2 aromatic rings. The van der Waals surface area contributed by atoms with E-state index in [1.54, 1.807) is 17.2 Å². The molecule has 0 bridgehead atoms. The third-order valence-corrected chi connectivity index (χ3v) is 3.06. The van der Waals surface area contributed by atoms with Gasteiger partial charge in [-0.2, -0.15) is 15.0 Å². The van der Waals surface area contributed by atoms with Crippen molar-refractivity contribution in [2.45, 2.75) is 19.9 Å². The van der Waals surface area contributed by atoms with Gasteiger partial charge in [0, 0.05) is 4.47 Å². The predicted molar refractivity (Wildman–Crippen MR) is 67.1 cm³/mol. The molecule has 0 aliphatic carbocycles. The summed E-state index contributed by atoms with van der Waals surface area (Å²) in [6, 6.07) is 8.52. The molecule has 1 atom stereocenters. The van der Waals surface area contributed by atoms with E-state index in [0.717, 1.165) is 4.47 Å². The Bertz CT molecular complexity index is 434. The van der Waals surface area contributed by atoms with Gasteiger partial charge in [-0.15, -0.1) is 0 Å². The maximum atomic E-state index is 4.23. The van der Waals surface area contributed by atoms with Crippen LogP contribution in [-0.4, -0.2) is 15.0 Å². The number of halogens is 1. The Balaban J connectivity index is 2.37. The standard InChI is InChI=1S/C12H14BrN3/c1-9(2)12(16-14-7-8-15-16)10-3-5-11(13)6-4-10/h3-9,12H,1-2H3/t12-/m0/s1. The van der Waals surface area contributed by atoms with Gasteiger partial charge in [-0.3, -0.25) is 0 Å². The van der Waals surface area contributed by atoms with Crippen LogP contribution in [0.4, 0.5) is 0 Å². The zero-order chi connectivity index (χ0) is 11.5. The summed E-state index contributed by atoms with van der Waals surface area (Å²) in [7, 11) is 0. The average molecular weight is 280 g/mol. The molecule has 0 unspecified atom stereocenters. The first-order valence-corrected chi connectivity index (χ1v) is 6.09. The fraction of sp³-hybridized carbons (Fsp3) is 0.333. The Morgan fingerprint density at radius 2 is 1.62 bits per heavy atom. The molecule has 0 N–H and O–H groups in total. The molecule has 3 nitrogen and oxygen atoms in total. The fourth-order valence-electron chi connectivity index (χ4n) is 1.81. The summed E-state index contributed by atoms with van der Waals surface area (Å²) in [5.41, 5.74) is 1.23. The van der Waals surface area contributed by atoms with Crippen molar-refractivity contribution in [1.29, 1.82) is 0 Å². The van der Waals surface area contributed by atoms with Crippen LogP contribution < -0.4 is 0 Å². The minimum absolute atomic E-state index is 0.197. The van der Waals surface area contributed by atoms with Crippen molar-refractivity contribution in [3.63, 3.8) is 0 Å². The second-order valence-corrected chi connectivity index (χ2v) is 5.01. The van der Waals surface area contributed by atoms with Gasteiger partial charge in [-0.25, -0.2) is 0 Å². The molecule has 1 heterocycles. The minimum atomic E-state index is 0.197. The highest BCUT2D eigenvalue weighted by Crippen LogP contribution is 2.25. The number of hydrogen-bond donors (Lipinski definition) is 0. The van der Waals surface area contributed by atoms with E-state index in [4.69, 9.17) is 0 Å². The maximum absolute atomic E-state index is 4.23. The summed E-state index contributed by atoms with van der Waals surface area (Å²) in [6.45, 7) is 4.35. The molecular weight excluding hydrogens is 266 g/mol. The molecule has 0 aliphatic heterocycles. The Labute approximate surface area is 104 Å². The lowest BCUT2D eigenvalue weighted by Crippen LogP contribution is -2.19. The second kappa shape index (κ2) is 4.78. The van der Waals surface area contributed by atoms with Gasteiger partial charge >= 0.3 is 0 Å². The molecule has 16 heavy (non-hydrogen) atoms. The third-order valence-electron chi connectivity index (χ3n) is 2.53. The van der Waals surface area contributed by atoms with Crippen molar-refractivity contribution >= 4 is 15.9 Å². The summed E-state index contributed by atoms with van der Waals surface area (Å²) in [5.74, 6) is 0.452. The van der Waals surface area contributed by atoms with Gasteiger partial charge in [0.25, 0.3) is 0 Å². The number of hydrogen-bond acceptors (Lipinski definition) is 2. The van der Waals surface area contributed by atoms with Gasteiger partial charge in [0.1, 0.15) is 0 Å². The topological polar surface area (TPSA) is 30.7 Å². The molecule has 0 aliphatic rings. The normalized spacial score (nSPS) is 13.0. The molecule has 0 radical (unpaired) electrons. The van der Waals surface area contributed by atoms with E-state index >= 15 is 0 Å². The molecule has 2 rings (SSSR count). The van der Waals surface area contributed by atoms with Crippen LogP contribution in [0.1, 0.15) is 25.5 Å². The molecule has 0 saturated carbocycles. The second-order valence-electron chi connectivity index (χ2n) is 4.09. The molecule has 0 fully saturated rings. The van der Waals surface area contributed by atoms with Crippen LogP contribution >= 0.6 is 15.9 Å². The molecule has 0 amide bonds. The molecule has 4 heteroatoms. The minimum Gasteiger partial charge on any atom is -0.177 e. The van der Waals surface area contributed by atoms with Gasteiger partial charge in [0.2, 0.25) is 0 Å². The molecule has 0 saturated heterocycles. The molecule has 1 aromatic carbocycles. The summed E-state index contributed by atoms with van der Waals surface area (Å²) in [4.78, 5) is 1.77. The lowest BCUT2D eigenvalue weighted by molar-refractivity contribution is 0.364. The van der Waals surface area contributed by atoms with Gasteiger partial charge in [-0.1, -0.05) is 41.9 Å². The predicted octanol–water partition coefficient (Wildman–Crippen LogP) is 3.29. The van der Waals surface area contributed by atoms with Gasteiger partial charge in [-0.05, 0) is 23.6 Å². The van der Waals surface area contributed by atoms with Crippen LogP contribution in [0, 0.1) is 5.92 Å². The van der Waals surface area contributed by atoms with E-state index in [0.29, 0.717) is 5.92 Å². The summed E-state index contributed by atoms with van der Waals surface area (Å²) >= 11 is 3.44. The van der Waals surface area contributed by atoms with Gasteiger partial charge in [0.15, 0.2) is 0 Å². The van der Waals surface area contributed by atoms with Crippen molar-refractivity contribution in [3.8, 4) is 0 Å². The first-order chi connectivity index (χ1) is 7.68. The molecular formula is C12H14BrN3.